The summed E-state index contributed by atoms with van der Waals surface area (Å²) in [5.74, 6) is -1.35. The fourth-order valence-corrected chi connectivity index (χ4v) is 2.12. The van der Waals surface area contributed by atoms with Crippen LogP contribution in [0.25, 0.3) is 0 Å². The van der Waals surface area contributed by atoms with Crippen molar-refractivity contribution in [3.05, 3.63) is 65.7 Å². The smallest absolute Gasteiger partial charge is 0.307 e. The molecule has 0 saturated heterocycles. The average Bonchev–Trinajstić information content (AvgIpc) is 2.62. The number of benzene rings is 2. The Labute approximate surface area is 139 Å². The van der Waals surface area contributed by atoms with Crippen LogP contribution in [0.15, 0.2) is 54.6 Å². The Morgan fingerprint density at radius 3 is 2.33 bits per heavy atom. The van der Waals surface area contributed by atoms with E-state index in [1.54, 1.807) is 48.5 Å². The Morgan fingerprint density at radius 2 is 1.67 bits per heavy atom. The molecule has 124 valence electrons. The molecule has 2 rings (SSSR count). The second-order valence-corrected chi connectivity index (χ2v) is 5.12. The average molecular weight is 326 g/mol. The van der Waals surface area contributed by atoms with Gasteiger partial charge in [-0.1, -0.05) is 42.5 Å². The molecule has 0 spiro atoms. The van der Waals surface area contributed by atoms with Crippen molar-refractivity contribution in [3.8, 4) is 0 Å². The maximum absolute atomic E-state index is 12.6. The van der Waals surface area contributed by atoms with E-state index in [2.05, 4.69) is 10.1 Å². The number of nitrogens with one attached hydrogen (secondary N) is 1. The molecule has 0 bridgehead atoms. The summed E-state index contributed by atoms with van der Waals surface area (Å²) >= 11 is 0. The molecule has 3 N–H and O–H groups in total. The van der Waals surface area contributed by atoms with Crippen LogP contribution in [0.5, 0.6) is 0 Å². The standard InChI is InChI=1S/C18H18N2O4/c1-24-16(21)11-14(19)18(23)20-15-10-6-5-9-13(15)17(22)12-7-3-2-4-8-12/h2-10,14H,11,19H2,1H3,(H,20,23). The Hall–Kier alpha value is -2.99. The number of carbonyl (C=O) groups is 3. The summed E-state index contributed by atoms with van der Waals surface area (Å²) < 4.78 is 4.49. The van der Waals surface area contributed by atoms with E-state index in [1.165, 1.54) is 7.11 Å². The summed E-state index contributed by atoms with van der Waals surface area (Å²) in [5.41, 5.74) is 6.89. The SMILES string of the molecule is COC(=O)CC(N)C(=O)Nc1ccccc1C(=O)c1ccccc1. The van der Waals surface area contributed by atoms with E-state index >= 15 is 0 Å². The summed E-state index contributed by atoms with van der Waals surface area (Å²) in [4.78, 5) is 35.9. The van der Waals surface area contributed by atoms with Gasteiger partial charge in [-0.3, -0.25) is 14.4 Å². The zero-order valence-corrected chi connectivity index (χ0v) is 13.2. The van der Waals surface area contributed by atoms with E-state index in [4.69, 9.17) is 5.73 Å². The quantitative estimate of drug-likeness (QED) is 0.622. The minimum atomic E-state index is -1.06. The van der Waals surface area contributed by atoms with Crippen molar-refractivity contribution in [2.75, 3.05) is 12.4 Å². The molecule has 0 saturated carbocycles. The first-order chi connectivity index (χ1) is 11.5. The fourth-order valence-electron chi connectivity index (χ4n) is 2.12. The molecule has 0 radical (unpaired) electrons. The van der Waals surface area contributed by atoms with Gasteiger partial charge in [0.15, 0.2) is 5.78 Å². The van der Waals surface area contributed by atoms with Crippen LogP contribution in [0.4, 0.5) is 5.69 Å². The summed E-state index contributed by atoms with van der Waals surface area (Å²) in [7, 11) is 1.22. The van der Waals surface area contributed by atoms with Crippen LogP contribution in [0.3, 0.4) is 0 Å². The highest BCUT2D eigenvalue weighted by molar-refractivity contribution is 6.14. The molecular formula is C18H18N2O4. The third-order valence-corrected chi connectivity index (χ3v) is 3.42. The zero-order valence-electron chi connectivity index (χ0n) is 13.2. The Balaban J connectivity index is 2.19. The maximum Gasteiger partial charge on any atom is 0.307 e. The van der Waals surface area contributed by atoms with E-state index < -0.39 is 17.9 Å². The molecule has 24 heavy (non-hydrogen) atoms. The van der Waals surface area contributed by atoms with Crippen LogP contribution < -0.4 is 11.1 Å². The van der Waals surface area contributed by atoms with Crippen molar-refractivity contribution in [3.63, 3.8) is 0 Å². The van der Waals surface area contributed by atoms with Gasteiger partial charge >= 0.3 is 5.97 Å². The van der Waals surface area contributed by atoms with Gasteiger partial charge in [-0.2, -0.15) is 0 Å². The van der Waals surface area contributed by atoms with Crippen LogP contribution in [0.2, 0.25) is 0 Å². The molecular weight excluding hydrogens is 308 g/mol. The Kier molecular flexibility index (Phi) is 5.81. The summed E-state index contributed by atoms with van der Waals surface area (Å²) in [5, 5.41) is 2.60. The van der Waals surface area contributed by atoms with Crippen molar-refractivity contribution < 1.29 is 19.1 Å². The first kappa shape index (κ1) is 17.4. The number of esters is 1. The van der Waals surface area contributed by atoms with Gasteiger partial charge in [0.1, 0.15) is 0 Å². The first-order valence-corrected chi connectivity index (χ1v) is 7.35. The largest absolute Gasteiger partial charge is 0.469 e. The highest BCUT2D eigenvalue weighted by Crippen LogP contribution is 2.19. The van der Waals surface area contributed by atoms with E-state index in [9.17, 15) is 14.4 Å². The fraction of sp³-hybridized carbons (Fsp3) is 0.167. The molecule has 2 aromatic rings. The van der Waals surface area contributed by atoms with Gasteiger partial charge in [0.05, 0.1) is 25.3 Å². The third kappa shape index (κ3) is 4.27. The van der Waals surface area contributed by atoms with Crippen molar-refractivity contribution in [2.45, 2.75) is 12.5 Å². The van der Waals surface area contributed by atoms with Crippen molar-refractivity contribution in [2.24, 2.45) is 5.73 Å². The number of anilines is 1. The number of methoxy groups -OCH3 is 1. The van der Waals surface area contributed by atoms with E-state index in [1.807, 2.05) is 6.07 Å². The van der Waals surface area contributed by atoms with Crippen molar-refractivity contribution >= 4 is 23.3 Å². The number of hydrogen-bond acceptors (Lipinski definition) is 5. The molecule has 6 heteroatoms. The molecule has 6 nitrogen and oxygen atoms in total. The topological polar surface area (TPSA) is 98.5 Å². The molecule has 0 heterocycles. The van der Waals surface area contributed by atoms with Crippen LogP contribution in [-0.4, -0.2) is 30.8 Å². The second-order valence-electron chi connectivity index (χ2n) is 5.12. The molecule has 1 atom stereocenters. The number of amides is 1. The van der Waals surface area contributed by atoms with Gasteiger partial charge in [0, 0.05) is 11.1 Å². The van der Waals surface area contributed by atoms with Crippen molar-refractivity contribution in [1.29, 1.82) is 0 Å². The number of nitrogens with two attached hydrogens (primary N) is 1. The number of carbonyl (C=O) groups excluding carboxylic acids is 3. The summed E-state index contributed by atoms with van der Waals surface area (Å²) in [6.45, 7) is 0. The minimum Gasteiger partial charge on any atom is -0.469 e. The normalized spacial score (nSPS) is 11.4. The van der Waals surface area contributed by atoms with Gasteiger partial charge in [0.2, 0.25) is 5.91 Å². The minimum absolute atomic E-state index is 0.215. The number of rotatable bonds is 6. The zero-order chi connectivity index (χ0) is 17.5. The number of hydrogen-bond donors (Lipinski definition) is 2. The summed E-state index contributed by atoms with van der Waals surface area (Å²) in [6.07, 6.45) is -0.239. The monoisotopic (exact) mass is 326 g/mol. The Morgan fingerprint density at radius 1 is 1.04 bits per heavy atom. The molecule has 0 aromatic heterocycles. The molecule has 1 unspecified atom stereocenters. The number of para-hydroxylation sites is 1. The van der Waals surface area contributed by atoms with Gasteiger partial charge in [-0.05, 0) is 12.1 Å². The lowest BCUT2D eigenvalue weighted by Gasteiger charge is -2.14. The molecule has 1 amide bonds. The van der Waals surface area contributed by atoms with Crippen LogP contribution in [-0.2, 0) is 14.3 Å². The lowest BCUT2D eigenvalue weighted by atomic mass is 10.0. The molecule has 0 aliphatic rings. The second kappa shape index (κ2) is 8.03. The van der Waals surface area contributed by atoms with E-state index in [0.29, 0.717) is 16.8 Å². The van der Waals surface area contributed by atoms with Crippen LogP contribution >= 0.6 is 0 Å². The third-order valence-electron chi connectivity index (χ3n) is 3.42. The van der Waals surface area contributed by atoms with E-state index in [0.717, 1.165) is 0 Å². The highest BCUT2D eigenvalue weighted by Gasteiger charge is 2.20. The molecule has 0 aliphatic heterocycles. The van der Waals surface area contributed by atoms with Crippen LogP contribution in [0.1, 0.15) is 22.3 Å². The van der Waals surface area contributed by atoms with Crippen molar-refractivity contribution in [1.82, 2.24) is 0 Å². The first-order valence-electron chi connectivity index (χ1n) is 7.35. The number of ether oxygens (including phenoxy) is 1. The van der Waals surface area contributed by atoms with Gasteiger partial charge < -0.3 is 15.8 Å². The number of ketones is 1. The van der Waals surface area contributed by atoms with Gasteiger partial charge in [0.25, 0.3) is 0 Å². The van der Waals surface area contributed by atoms with Crippen LogP contribution in [0, 0.1) is 0 Å². The molecule has 0 fully saturated rings. The van der Waals surface area contributed by atoms with Gasteiger partial charge in [-0.15, -0.1) is 0 Å². The molecule has 2 aromatic carbocycles. The molecule has 0 aliphatic carbocycles. The maximum atomic E-state index is 12.6. The predicted octanol–water partition coefficient (Wildman–Crippen LogP) is 1.75. The lowest BCUT2D eigenvalue weighted by molar-refractivity contribution is -0.142. The highest BCUT2D eigenvalue weighted by atomic mass is 16.5. The Bertz CT molecular complexity index is 744. The van der Waals surface area contributed by atoms with Gasteiger partial charge in [-0.25, -0.2) is 0 Å². The lowest BCUT2D eigenvalue weighted by Crippen LogP contribution is -2.38. The summed E-state index contributed by atoms with van der Waals surface area (Å²) in [6, 6.07) is 14.3. The predicted molar refractivity (Wildman–Crippen MR) is 89.6 cm³/mol. The van der Waals surface area contributed by atoms with E-state index in [-0.39, 0.29) is 12.2 Å².